The average molecular weight is 282 g/mol. The highest BCUT2D eigenvalue weighted by Crippen LogP contribution is 2.33. The summed E-state index contributed by atoms with van der Waals surface area (Å²) in [6.07, 6.45) is 0. The molecule has 1 aliphatic rings. The largest absolute Gasteiger partial charge is 0.493 e. The van der Waals surface area contributed by atoms with Crippen molar-refractivity contribution in [3.8, 4) is 5.75 Å². The number of ether oxygens (including phenoxy) is 1. The van der Waals surface area contributed by atoms with E-state index in [1.54, 1.807) is 0 Å². The SMILES string of the molecule is CN(Cc1cccc(CN)c1)CC1COc2ccccc21. The van der Waals surface area contributed by atoms with Gasteiger partial charge in [0.05, 0.1) is 6.61 Å². The smallest absolute Gasteiger partial charge is 0.122 e. The Morgan fingerprint density at radius 1 is 1.14 bits per heavy atom. The van der Waals surface area contributed by atoms with E-state index in [2.05, 4.69) is 54.4 Å². The molecule has 0 radical (unpaired) electrons. The standard InChI is InChI=1S/C18H22N2O/c1-20(11-15-6-4-5-14(9-15)10-19)12-16-13-21-18-8-3-2-7-17(16)18/h2-9,16H,10-13,19H2,1H3. The molecule has 0 saturated heterocycles. The zero-order chi connectivity index (χ0) is 14.7. The van der Waals surface area contributed by atoms with Crippen molar-refractivity contribution < 1.29 is 4.74 Å². The van der Waals surface area contributed by atoms with Crippen LogP contribution in [0.3, 0.4) is 0 Å². The second kappa shape index (κ2) is 6.29. The van der Waals surface area contributed by atoms with Gasteiger partial charge in [-0.15, -0.1) is 0 Å². The minimum Gasteiger partial charge on any atom is -0.493 e. The second-order valence-corrected chi connectivity index (χ2v) is 5.77. The van der Waals surface area contributed by atoms with Crippen molar-refractivity contribution in [3.63, 3.8) is 0 Å². The highest BCUT2D eigenvalue weighted by atomic mass is 16.5. The van der Waals surface area contributed by atoms with Crippen LogP contribution in [0, 0.1) is 0 Å². The highest BCUT2D eigenvalue weighted by Gasteiger charge is 2.24. The van der Waals surface area contributed by atoms with Crippen LogP contribution in [0.4, 0.5) is 0 Å². The molecule has 3 nitrogen and oxygen atoms in total. The number of nitrogens with two attached hydrogens (primary N) is 1. The van der Waals surface area contributed by atoms with Gasteiger partial charge in [0.25, 0.3) is 0 Å². The van der Waals surface area contributed by atoms with Crippen molar-refractivity contribution in [2.75, 3.05) is 20.2 Å². The van der Waals surface area contributed by atoms with E-state index in [-0.39, 0.29) is 0 Å². The monoisotopic (exact) mass is 282 g/mol. The maximum Gasteiger partial charge on any atom is 0.122 e. The van der Waals surface area contributed by atoms with Crippen LogP contribution in [0.5, 0.6) is 5.75 Å². The minimum atomic E-state index is 0.462. The summed E-state index contributed by atoms with van der Waals surface area (Å²) in [6, 6.07) is 16.9. The Kier molecular flexibility index (Phi) is 4.23. The van der Waals surface area contributed by atoms with Crippen LogP contribution in [-0.2, 0) is 13.1 Å². The Balaban J connectivity index is 1.63. The first-order chi connectivity index (χ1) is 10.3. The molecule has 3 heteroatoms. The second-order valence-electron chi connectivity index (χ2n) is 5.77. The lowest BCUT2D eigenvalue weighted by molar-refractivity contribution is 0.262. The molecule has 1 atom stereocenters. The zero-order valence-electron chi connectivity index (χ0n) is 12.5. The number of nitrogens with zero attached hydrogens (tertiary/aromatic N) is 1. The van der Waals surface area contributed by atoms with Crippen LogP contribution in [0.1, 0.15) is 22.6 Å². The van der Waals surface area contributed by atoms with Crippen molar-refractivity contribution in [3.05, 3.63) is 65.2 Å². The van der Waals surface area contributed by atoms with Gasteiger partial charge in [0, 0.05) is 31.1 Å². The maximum atomic E-state index is 5.76. The van der Waals surface area contributed by atoms with Crippen LogP contribution < -0.4 is 10.5 Å². The number of hydrogen-bond donors (Lipinski definition) is 1. The van der Waals surface area contributed by atoms with Gasteiger partial charge >= 0.3 is 0 Å². The van der Waals surface area contributed by atoms with Gasteiger partial charge in [-0.05, 0) is 24.2 Å². The Morgan fingerprint density at radius 2 is 1.95 bits per heavy atom. The Hall–Kier alpha value is -1.84. The quantitative estimate of drug-likeness (QED) is 0.916. The van der Waals surface area contributed by atoms with Gasteiger partial charge < -0.3 is 15.4 Å². The molecule has 1 heterocycles. The zero-order valence-corrected chi connectivity index (χ0v) is 12.5. The van der Waals surface area contributed by atoms with Crippen molar-refractivity contribution in [2.24, 2.45) is 5.73 Å². The lowest BCUT2D eigenvalue weighted by Crippen LogP contribution is -2.25. The van der Waals surface area contributed by atoms with Crippen molar-refractivity contribution in [1.29, 1.82) is 0 Å². The topological polar surface area (TPSA) is 38.5 Å². The summed E-state index contributed by atoms with van der Waals surface area (Å²) in [7, 11) is 2.16. The third-order valence-corrected chi connectivity index (χ3v) is 4.01. The number of para-hydroxylation sites is 1. The molecule has 0 aliphatic carbocycles. The number of hydrogen-bond acceptors (Lipinski definition) is 3. The van der Waals surface area contributed by atoms with Crippen molar-refractivity contribution >= 4 is 0 Å². The number of rotatable bonds is 5. The molecular formula is C18H22N2O. The van der Waals surface area contributed by atoms with E-state index in [0.717, 1.165) is 25.4 Å². The fraction of sp³-hybridized carbons (Fsp3) is 0.333. The summed E-state index contributed by atoms with van der Waals surface area (Å²) >= 11 is 0. The Morgan fingerprint density at radius 3 is 2.81 bits per heavy atom. The van der Waals surface area contributed by atoms with E-state index in [1.807, 2.05) is 6.07 Å². The summed E-state index contributed by atoms with van der Waals surface area (Å²) < 4.78 is 5.76. The molecule has 1 aliphatic heterocycles. The molecule has 1 unspecified atom stereocenters. The van der Waals surface area contributed by atoms with E-state index >= 15 is 0 Å². The van der Waals surface area contributed by atoms with Crippen molar-refractivity contribution in [2.45, 2.75) is 19.0 Å². The third-order valence-electron chi connectivity index (χ3n) is 4.01. The van der Waals surface area contributed by atoms with Gasteiger partial charge in [-0.2, -0.15) is 0 Å². The van der Waals surface area contributed by atoms with Gasteiger partial charge in [0.2, 0.25) is 0 Å². The average Bonchev–Trinajstić information content (AvgIpc) is 2.91. The van der Waals surface area contributed by atoms with E-state index < -0.39 is 0 Å². The van der Waals surface area contributed by atoms with Crippen LogP contribution in [0.25, 0.3) is 0 Å². The normalized spacial score (nSPS) is 16.8. The molecule has 21 heavy (non-hydrogen) atoms. The molecular weight excluding hydrogens is 260 g/mol. The number of fused-ring (bicyclic) bond motifs is 1. The minimum absolute atomic E-state index is 0.462. The molecule has 0 bridgehead atoms. The van der Waals surface area contributed by atoms with E-state index in [1.165, 1.54) is 16.7 Å². The van der Waals surface area contributed by atoms with Crippen LogP contribution in [-0.4, -0.2) is 25.1 Å². The molecule has 2 N–H and O–H groups in total. The molecule has 110 valence electrons. The molecule has 2 aromatic rings. The maximum absolute atomic E-state index is 5.76. The van der Waals surface area contributed by atoms with Gasteiger partial charge in [0.15, 0.2) is 0 Å². The van der Waals surface area contributed by atoms with E-state index in [4.69, 9.17) is 10.5 Å². The predicted octanol–water partition coefficient (Wildman–Crippen LogP) is 2.75. The Labute approximate surface area is 126 Å². The molecule has 0 fully saturated rings. The van der Waals surface area contributed by atoms with Crippen LogP contribution in [0.15, 0.2) is 48.5 Å². The Bertz CT molecular complexity index is 612. The van der Waals surface area contributed by atoms with Crippen LogP contribution >= 0.6 is 0 Å². The van der Waals surface area contributed by atoms with E-state index in [9.17, 15) is 0 Å². The molecule has 0 aromatic heterocycles. The van der Waals surface area contributed by atoms with E-state index in [0.29, 0.717) is 12.5 Å². The summed E-state index contributed by atoms with van der Waals surface area (Å²) in [6.45, 7) is 3.32. The fourth-order valence-corrected chi connectivity index (χ4v) is 2.99. The molecule has 0 spiro atoms. The van der Waals surface area contributed by atoms with Gasteiger partial charge in [-0.25, -0.2) is 0 Å². The van der Waals surface area contributed by atoms with Gasteiger partial charge in [0.1, 0.15) is 5.75 Å². The van der Waals surface area contributed by atoms with Gasteiger partial charge in [-0.1, -0.05) is 42.5 Å². The summed E-state index contributed by atoms with van der Waals surface area (Å²) in [5, 5.41) is 0. The summed E-state index contributed by atoms with van der Waals surface area (Å²) in [4.78, 5) is 2.35. The number of likely N-dealkylation sites (N-methyl/N-ethyl adjacent to an activating group) is 1. The van der Waals surface area contributed by atoms with Crippen molar-refractivity contribution in [1.82, 2.24) is 4.90 Å². The third kappa shape index (κ3) is 3.26. The molecule has 0 amide bonds. The fourth-order valence-electron chi connectivity index (χ4n) is 2.99. The predicted molar refractivity (Wildman–Crippen MR) is 85.3 cm³/mol. The first kappa shape index (κ1) is 14.1. The highest BCUT2D eigenvalue weighted by molar-refractivity contribution is 5.39. The number of benzene rings is 2. The summed E-state index contributed by atoms with van der Waals surface area (Å²) in [5.41, 5.74) is 9.54. The first-order valence-corrected chi connectivity index (χ1v) is 7.44. The summed E-state index contributed by atoms with van der Waals surface area (Å²) in [5.74, 6) is 1.50. The molecule has 3 rings (SSSR count). The lowest BCUT2D eigenvalue weighted by Gasteiger charge is -2.20. The first-order valence-electron chi connectivity index (χ1n) is 7.44. The van der Waals surface area contributed by atoms with Crippen LogP contribution in [0.2, 0.25) is 0 Å². The molecule has 0 saturated carbocycles. The van der Waals surface area contributed by atoms with Gasteiger partial charge in [-0.3, -0.25) is 0 Å². The molecule has 2 aromatic carbocycles. The lowest BCUT2D eigenvalue weighted by atomic mass is 10.0.